The lowest BCUT2D eigenvalue weighted by Gasteiger charge is -2.10. The van der Waals surface area contributed by atoms with Crippen LogP contribution in [0, 0.1) is 13.8 Å². The molecule has 0 aliphatic carbocycles. The lowest BCUT2D eigenvalue weighted by atomic mass is 9.97. The van der Waals surface area contributed by atoms with E-state index < -0.39 is 0 Å². The first-order valence-electron chi connectivity index (χ1n) is 8.71. The van der Waals surface area contributed by atoms with Crippen molar-refractivity contribution in [2.24, 2.45) is 9.98 Å². The maximum Gasteiger partial charge on any atom is 0.124 e. The molecule has 0 fully saturated rings. The van der Waals surface area contributed by atoms with Crippen LogP contribution in [0.2, 0.25) is 0 Å². The number of rotatable bonds is 2. The van der Waals surface area contributed by atoms with Gasteiger partial charge >= 0.3 is 0 Å². The number of para-hydroxylation sites is 2. The van der Waals surface area contributed by atoms with Gasteiger partial charge in [0, 0.05) is 12.0 Å². The van der Waals surface area contributed by atoms with Gasteiger partial charge in [0.1, 0.15) is 5.75 Å². The molecule has 3 aromatic carbocycles. The molecule has 3 heteroatoms. The molecule has 0 unspecified atom stereocenters. The van der Waals surface area contributed by atoms with Crippen LogP contribution in [-0.4, -0.2) is 16.5 Å². The molecule has 128 valence electrons. The molecule has 0 saturated heterocycles. The number of aliphatic imine (C=N–C) groups is 2. The highest BCUT2D eigenvalue weighted by molar-refractivity contribution is 6.21. The SMILES string of the molecule is Cc1ccc(C2=Nc3ccccc3N=C(c3cc(C)ccc3O)C2)cc1. The van der Waals surface area contributed by atoms with E-state index in [1.54, 1.807) is 6.07 Å². The average molecular weight is 340 g/mol. The Bertz CT molecular complexity index is 1030. The van der Waals surface area contributed by atoms with Gasteiger partial charge in [-0.15, -0.1) is 0 Å². The third-order valence-corrected chi connectivity index (χ3v) is 4.58. The van der Waals surface area contributed by atoms with Gasteiger partial charge in [-0.3, -0.25) is 9.98 Å². The smallest absolute Gasteiger partial charge is 0.124 e. The zero-order valence-corrected chi connectivity index (χ0v) is 14.9. The van der Waals surface area contributed by atoms with E-state index in [-0.39, 0.29) is 5.75 Å². The van der Waals surface area contributed by atoms with Gasteiger partial charge in [-0.05, 0) is 43.7 Å². The fraction of sp³-hybridized carbons (Fsp3) is 0.130. The number of nitrogens with zero attached hydrogens (tertiary/aromatic N) is 2. The zero-order chi connectivity index (χ0) is 18.1. The molecule has 4 rings (SSSR count). The van der Waals surface area contributed by atoms with Gasteiger partial charge in [0.25, 0.3) is 0 Å². The van der Waals surface area contributed by atoms with E-state index in [2.05, 4.69) is 31.2 Å². The quantitative estimate of drug-likeness (QED) is 0.643. The number of hydrogen-bond acceptors (Lipinski definition) is 3. The van der Waals surface area contributed by atoms with Crippen LogP contribution < -0.4 is 0 Å². The minimum absolute atomic E-state index is 0.247. The van der Waals surface area contributed by atoms with Gasteiger partial charge in [0.05, 0.1) is 22.8 Å². The summed E-state index contributed by atoms with van der Waals surface area (Å²) in [4.78, 5) is 9.73. The zero-order valence-electron chi connectivity index (χ0n) is 14.9. The molecule has 0 aromatic heterocycles. The second-order valence-electron chi connectivity index (χ2n) is 6.67. The summed E-state index contributed by atoms with van der Waals surface area (Å²) in [6.07, 6.45) is 0.564. The summed E-state index contributed by atoms with van der Waals surface area (Å²) < 4.78 is 0. The van der Waals surface area contributed by atoms with E-state index in [1.165, 1.54) is 5.56 Å². The number of aromatic hydroxyl groups is 1. The van der Waals surface area contributed by atoms with Gasteiger partial charge in [-0.2, -0.15) is 0 Å². The second kappa shape index (κ2) is 6.60. The van der Waals surface area contributed by atoms with Crippen molar-refractivity contribution in [2.45, 2.75) is 20.3 Å². The Morgan fingerprint density at radius 1 is 0.731 bits per heavy atom. The Hall–Kier alpha value is -3.20. The predicted octanol–water partition coefficient (Wildman–Crippen LogP) is 5.65. The predicted molar refractivity (Wildman–Crippen MR) is 107 cm³/mol. The largest absolute Gasteiger partial charge is 0.507 e. The van der Waals surface area contributed by atoms with Crippen molar-refractivity contribution in [1.29, 1.82) is 0 Å². The highest BCUT2D eigenvalue weighted by atomic mass is 16.3. The van der Waals surface area contributed by atoms with Crippen molar-refractivity contribution in [3.8, 4) is 5.75 Å². The Kier molecular flexibility index (Phi) is 4.13. The van der Waals surface area contributed by atoms with Crippen LogP contribution in [0.15, 0.2) is 76.7 Å². The van der Waals surface area contributed by atoms with E-state index in [9.17, 15) is 5.11 Å². The first-order valence-corrected chi connectivity index (χ1v) is 8.71. The number of aryl methyl sites for hydroxylation is 2. The summed E-state index contributed by atoms with van der Waals surface area (Å²) in [7, 11) is 0. The van der Waals surface area contributed by atoms with Crippen LogP contribution in [0.5, 0.6) is 5.75 Å². The minimum atomic E-state index is 0.247. The summed E-state index contributed by atoms with van der Waals surface area (Å²) in [6, 6.07) is 21.9. The lowest BCUT2D eigenvalue weighted by molar-refractivity contribution is 0.474. The maximum absolute atomic E-state index is 10.4. The summed E-state index contributed by atoms with van der Waals surface area (Å²) >= 11 is 0. The molecule has 1 heterocycles. The van der Waals surface area contributed by atoms with E-state index in [4.69, 9.17) is 9.98 Å². The molecular weight excluding hydrogens is 320 g/mol. The second-order valence-corrected chi connectivity index (χ2v) is 6.67. The molecule has 26 heavy (non-hydrogen) atoms. The Labute approximate surface area is 153 Å². The van der Waals surface area contributed by atoms with Crippen LogP contribution in [0.1, 0.15) is 28.7 Å². The third kappa shape index (κ3) is 3.16. The minimum Gasteiger partial charge on any atom is -0.507 e. The van der Waals surface area contributed by atoms with Crippen molar-refractivity contribution in [1.82, 2.24) is 0 Å². The van der Waals surface area contributed by atoms with E-state index in [0.717, 1.165) is 39.5 Å². The summed E-state index contributed by atoms with van der Waals surface area (Å²) in [5.74, 6) is 0.247. The highest BCUT2D eigenvalue weighted by Gasteiger charge is 2.18. The molecule has 1 N–H and O–H groups in total. The van der Waals surface area contributed by atoms with Crippen molar-refractivity contribution < 1.29 is 5.11 Å². The van der Waals surface area contributed by atoms with Crippen molar-refractivity contribution >= 4 is 22.8 Å². The van der Waals surface area contributed by atoms with Crippen molar-refractivity contribution in [2.75, 3.05) is 0 Å². The van der Waals surface area contributed by atoms with E-state index >= 15 is 0 Å². The van der Waals surface area contributed by atoms with Gasteiger partial charge in [0.15, 0.2) is 0 Å². The van der Waals surface area contributed by atoms with E-state index in [0.29, 0.717) is 6.42 Å². The number of hydrogen-bond donors (Lipinski definition) is 1. The Morgan fingerprint density at radius 3 is 2.04 bits per heavy atom. The fourth-order valence-corrected chi connectivity index (χ4v) is 3.13. The van der Waals surface area contributed by atoms with Gasteiger partial charge in [-0.25, -0.2) is 0 Å². The first kappa shape index (κ1) is 16.3. The molecule has 0 atom stereocenters. The molecule has 0 saturated carbocycles. The average Bonchev–Trinajstić information content (AvgIpc) is 2.84. The van der Waals surface area contributed by atoms with Crippen molar-refractivity contribution in [3.05, 3.63) is 89.0 Å². The summed E-state index contributed by atoms with van der Waals surface area (Å²) in [5.41, 5.74) is 7.61. The number of phenolic OH excluding ortho intramolecular Hbond substituents is 1. The first-order chi connectivity index (χ1) is 12.6. The van der Waals surface area contributed by atoms with Gasteiger partial charge in [0.2, 0.25) is 0 Å². The molecule has 0 radical (unpaired) electrons. The number of fused-ring (bicyclic) bond motifs is 1. The molecule has 1 aliphatic heterocycles. The van der Waals surface area contributed by atoms with Crippen LogP contribution in [0.4, 0.5) is 11.4 Å². The van der Waals surface area contributed by atoms with Gasteiger partial charge < -0.3 is 5.11 Å². The highest BCUT2D eigenvalue weighted by Crippen LogP contribution is 2.34. The third-order valence-electron chi connectivity index (χ3n) is 4.58. The normalized spacial score (nSPS) is 13.5. The van der Waals surface area contributed by atoms with E-state index in [1.807, 2.05) is 43.3 Å². The van der Waals surface area contributed by atoms with Crippen LogP contribution in [0.3, 0.4) is 0 Å². The topological polar surface area (TPSA) is 45.0 Å². The number of phenols is 1. The van der Waals surface area contributed by atoms with Gasteiger partial charge in [-0.1, -0.05) is 53.6 Å². The van der Waals surface area contributed by atoms with Crippen LogP contribution in [-0.2, 0) is 0 Å². The van der Waals surface area contributed by atoms with Crippen LogP contribution in [0.25, 0.3) is 0 Å². The standard InChI is InChI=1S/C23H20N2O/c1-15-7-10-17(11-8-15)21-14-22(18-13-16(2)9-12-23(18)26)25-20-6-4-3-5-19(20)24-21/h3-13,26H,14H2,1-2H3. The molecular formula is C23H20N2O. The molecule has 0 bridgehead atoms. The molecule has 3 aromatic rings. The molecule has 0 amide bonds. The Balaban J connectivity index is 1.89. The lowest BCUT2D eigenvalue weighted by Crippen LogP contribution is -2.10. The van der Waals surface area contributed by atoms with Crippen LogP contribution >= 0.6 is 0 Å². The summed E-state index contributed by atoms with van der Waals surface area (Å²) in [5, 5.41) is 10.4. The molecule has 3 nitrogen and oxygen atoms in total. The molecule has 1 aliphatic rings. The van der Waals surface area contributed by atoms with Crippen molar-refractivity contribution in [3.63, 3.8) is 0 Å². The number of benzene rings is 3. The summed E-state index contributed by atoms with van der Waals surface area (Å²) in [6.45, 7) is 4.09. The maximum atomic E-state index is 10.4. The Morgan fingerprint density at radius 2 is 1.35 bits per heavy atom. The fourth-order valence-electron chi connectivity index (χ4n) is 3.13. The molecule has 0 spiro atoms. The monoisotopic (exact) mass is 340 g/mol.